The summed E-state index contributed by atoms with van der Waals surface area (Å²) in [4.78, 5) is 23.5. The molecule has 0 unspecified atom stereocenters. The highest BCUT2D eigenvalue weighted by molar-refractivity contribution is 5.91. The van der Waals surface area contributed by atoms with E-state index in [0.29, 0.717) is 18.9 Å². The van der Waals surface area contributed by atoms with E-state index in [0.717, 1.165) is 24.1 Å². The monoisotopic (exact) mass is 299 g/mol. The Hall–Kier alpha value is -2.35. The van der Waals surface area contributed by atoms with E-state index in [4.69, 9.17) is 5.26 Å². The van der Waals surface area contributed by atoms with Crippen molar-refractivity contribution in [3.8, 4) is 6.07 Å². The summed E-state index contributed by atoms with van der Waals surface area (Å²) >= 11 is 0. The minimum Gasteiger partial charge on any atom is -0.351 e. The predicted octanol–water partition coefficient (Wildman–Crippen LogP) is 2.74. The smallest absolute Gasteiger partial charge is 0.234 e. The van der Waals surface area contributed by atoms with Crippen LogP contribution >= 0.6 is 0 Å². The second-order valence-corrected chi connectivity index (χ2v) is 5.67. The molecular weight excluding hydrogens is 278 g/mol. The molecule has 0 spiro atoms. The molecule has 116 valence electrons. The summed E-state index contributed by atoms with van der Waals surface area (Å²) in [7, 11) is 0. The van der Waals surface area contributed by atoms with Gasteiger partial charge in [0, 0.05) is 18.7 Å². The molecule has 1 saturated carbocycles. The Morgan fingerprint density at radius 2 is 1.91 bits per heavy atom. The summed E-state index contributed by atoms with van der Waals surface area (Å²) in [6.45, 7) is 0.306. The van der Waals surface area contributed by atoms with E-state index < -0.39 is 0 Å². The number of benzene rings is 1. The minimum absolute atomic E-state index is 0.0303. The highest BCUT2D eigenvalue weighted by Gasteiger charge is 2.18. The molecule has 22 heavy (non-hydrogen) atoms. The summed E-state index contributed by atoms with van der Waals surface area (Å²) in [6, 6.07) is 9.21. The molecule has 1 aliphatic carbocycles. The van der Waals surface area contributed by atoms with Crippen molar-refractivity contribution in [1.82, 2.24) is 5.32 Å². The normalized spacial score (nSPS) is 14.3. The Morgan fingerprint density at radius 1 is 1.18 bits per heavy atom. The van der Waals surface area contributed by atoms with Crippen molar-refractivity contribution in [2.24, 2.45) is 5.92 Å². The summed E-state index contributed by atoms with van der Waals surface area (Å²) in [5, 5.41) is 14.1. The lowest BCUT2D eigenvalue weighted by Gasteiger charge is -2.13. The van der Waals surface area contributed by atoms with Crippen LogP contribution in [0.1, 0.15) is 44.1 Å². The average molecular weight is 299 g/mol. The average Bonchev–Trinajstić information content (AvgIpc) is 2.99. The van der Waals surface area contributed by atoms with Gasteiger partial charge in [0.15, 0.2) is 0 Å². The number of nitrogens with zero attached hydrogens (tertiary/aromatic N) is 1. The topological polar surface area (TPSA) is 82.0 Å². The molecule has 0 heterocycles. The van der Waals surface area contributed by atoms with Crippen LogP contribution in [-0.4, -0.2) is 11.8 Å². The number of carbonyl (C=O) groups is 2. The van der Waals surface area contributed by atoms with Crippen molar-refractivity contribution in [3.05, 3.63) is 29.8 Å². The van der Waals surface area contributed by atoms with Crippen molar-refractivity contribution < 1.29 is 9.59 Å². The van der Waals surface area contributed by atoms with Gasteiger partial charge in [-0.05, 0) is 30.4 Å². The summed E-state index contributed by atoms with van der Waals surface area (Å²) in [6.07, 6.45) is 5.13. The first-order valence-electron chi connectivity index (χ1n) is 7.70. The number of amides is 2. The molecule has 5 nitrogen and oxygen atoms in total. The molecule has 2 N–H and O–H groups in total. The van der Waals surface area contributed by atoms with E-state index in [1.807, 2.05) is 30.3 Å². The molecule has 0 bridgehead atoms. The number of rotatable bonds is 6. The summed E-state index contributed by atoms with van der Waals surface area (Å²) < 4.78 is 0. The zero-order valence-electron chi connectivity index (χ0n) is 12.6. The van der Waals surface area contributed by atoms with Crippen molar-refractivity contribution in [3.63, 3.8) is 0 Å². The van der Waals surface area contributed by atoms with E-state index in [1.54, 1.807) is 0 Å². The molecule has 5 heteroatoms. The zero-order chi connectivity index (χ0) is 15.8. The minimum atomic E-state index is -0.311. The van der Waals surface area contributed by atoms with Crippen LogP contribution in [0.25, 0.3) is 0 Å². The van der Waals surface area contributed by atoms with Gasteiger partial charge in [-0.25, -0.2) is 0 Å². The number of hydrogen-bond acceptors (Lipinski definition) is 3. The van der Waals surface area contributed by atoms with Gasteiger partial charge in [-0.15, -0.1) is 0 Å². The van der Waals surface area contributed by atoms with Crippen molar-refractivity contribution in [1.29, 1.82) is 5.26 Å². The molecule has 0 aliphatic heterocycles. The van der Waals surface area contributed by atoms with E-state index in [9.17, 15) is 9.59 Å². The lowest BCUT2D eigenvalue weighted by molar-refractivity contribution is -0.120. The van der Waals surface area contributed by atoms with Crippen LogP contribution in [0.4, 0.5) is 5.69 Å². The molecule has 1 aliphatic rings. The fourth-order valence-electron chi connectivity index (χ4n) is 2.80. The SMILES string of the molecule is N#CCC(=O)NCc1ccccc1NC(=O)CC1CCCC1. The standard InChI is InChI=1S/C17H21N3O2/c18-10-9-16(21)19-12-14-7-3-4-8-15(14)20-17(22)11-13-5-1-2-6-13/h3-4,7-8,13H,1-2,5-6,9,11-12H2,(H,19,21)(H,20,22). The highest BCUT2D eigenvalue weighted by Crippen LogP contribution is 2.28. The highest BCUT2D eigenvalue weighted by atomic mass is 16.2. The molecule has 0 saturated heterocycles. The second kappa shape index (κ2) is 8.18. The van der Waals surface area contributed by atoms with E-state index in [1.165, 1.54) is 12.8 Å². The Balaban J connectivity index is 1.91. The van der Waals surface area contributed by atoms with Crippen molar-refractivity contribution in [2.75, 3.05) is 5.32 Å². The van der Waals surface area contributed by atoms with E-state index >= 15 is 0 Å². The van der Waals surface area contributed by atoms with E-state index in [-0.39, 0.29) is 18.2 Å². The van der Waals surface area contributed by atoms with Gasteiger partial charge in [0.25, 0.3) is 0 Å². The van der Waals surface area contributed by atoms with Crippen LogP contribution in [0.2, 0.25) is 0 Å². The van der Waals surface area contributed by atoms with Gasteiger partial charge in [-0.3, -0.25) is 9.59 Å². The van der Waals surface area contributed by atoms with Gasteiger partial charge >= 0.3 is 0 Å². The lowest BCUT2D eigenvalue weighted by atomic mass is 10.0. The van der Waals surface area contributed by atoms with Gasteiger partial charge in [0.1, 0.15) is 6.42 Å². The number of nitrogens with one attached hydrogen (secondary N) is 2. The molecule has 0 atom stereocenters. The predicted molar refractivity (Wildman–Crippen MR) is 83.7 cm³/mol. The largest absolute Gasteiger partial charge is 0.351 e. The molecule has 0 aromatic heterocycles. The molecule has 1 aromatic rings. The number of para-hydroxylation sites is 1. The maximum absolute atomic E-state index is 12.1. The third-order valence-electron chi connectivity index (χ3n) is 3.96. The van der Waals surface area contributed by atoms with Gasteiger partial charge < -0.3 is 10.6 Å². The molecule has 0 radical (unpaired) electrons. The van der Waals surface area contributed by atoms with Gasteiger partial charge in [-0.1, -0.05) is 31.0 Å². The fourth-order valence-corrected chi connectivity index (χ4v) is 2.80. The Morgan fingerprint density at radius 3 is 2.64 bits per heavy atom. The van der Waals surface area contributed by atoms with Gasteiger partial charge in [0.2, 0.25) is 11.8 Å². The lowest BCUT2D eigenvalue weighted by Crippen LogP contribution is -2.23. The molecule has 1 fully saturated rings. The first-order valence-corrected chi connectivity index (χ1v) is 7.70. The first kappa shape index (κ1) is 16.0. The second-order valence-electron chi connectivity index (χ2n) is 5.67. The Bertz CT molecular complexity index is 572. The Labute approximate surface area is 130 Å². The number of anilines is 1. The van der Waals surface area contributed by atoms with E-state index in [2.05, 4.69) is 10.6 Å². The van der Waals surface area contributed by atoms with Crippen LogP contribution in [0.15, 0.2) is 24.3 Å². The number of carbonyl (C=O) groups excluding carboxylic acids is 2. The van der Waals surface area contributed by atoms with Gasteiger partial charge in [-0.2, -0.15) is 5.26 Å². The van der Waals surface area contributed by atoms with Crippen molar-refractivity contribution >= 4 is 17.5 Å². The maximum atomic E-state index is 12.1. The molecule has 2 rings (SSSR count). The zero-order valence-corrected chi connectivity index (χ0v) is 12.6. The van der Waals surface area contributed by atoms with Crippen LogP contribution in [-0.2, 0) is 16.1 Å². The van der Waals surface area contributed by atoms with Crippen LogP contribution in [0.3, 0.4) is 0 Å². The maximum Gasteiger partial charge on any atom is 0.234 e. The molecular formula is C17H21N3O2. The first-order chi connectivity index (χ1) is 10.7. The summed E-state index contributed by atoms with van der Waals surface area (Å²) in [5.74, 6) is 0.222. The molecule has 2 amide bonds. The van der Waals surface area contributed by atoms with Crippen LogP contribution in [0, 0.1) is 17.2 Å². The number of hydrogen-bond donors (Lipinski definition) is 2. The third kappa shape index (κ3) is 4.88. The number of nitriles is 1. The van der Waals surface area contributed by atoms with Gasteiger partial charge in [0.05, 0.1) is 6.07 Å². The third-order valence-corrected chi connectivity index (χ3v) is 3.96. The van der Waals surface area contributed by atoms with Crippen LogP contribution < -0.4 is 10.6 Å². The molecule has 1 aromatic carbocycles. The Kier molecular flexibility index (Phi) is 5.96. The van der Waals surface area contributed by atoms with Crippen LogP contribution in [0.5, 0.6) is 0 Å². The van der Waals surface area contributed by atoms with Crippen molar-refractivity contribution in [2.45, 2.75) is 45.1 Å². The quantitative estimate of drug-likeness (QED) is 0.847. The summed E-state index contributed by atoms with van der Waals surface area (Å²) in [5.41, 5.74) is 1.57. The fraction of sp³-hybridized carbons (Fsp3) is 0.471.